The summed E-state index contributed by atoms with van der Waals surface area (Å²) in [6.07, 6.45) is 0.857. The van der Waals surface area contributed by atoms with E-state index in [1.165, 1.54) is 16.8 Å². The lowest BCUT2D eigenvalue weighted by Crippen LogP contribution is -2.34. The molecule has 1 aromatic carbocycles. The van der Waals surface area contributed by atoms with Crippen LogP contribution in [0.4, 0.5) is 0 Å². The van der Waals surface area contributed by atoms with Gasteiger partial charge in [0.25, 0.3) is 0 Å². The first-order chi connectivity index (χ1) is 11.1. The maximum Gasteiger partial charge on any atom is 0.219 e. The van der Waals surface area contributed by atoms with Crippen LogP contribution in [0.1, 0.15) is 35.0 Å². The van der Waals surface area contributed by atoms with Gasteiger partial charge in [-0.1, -0.05) is 24.3 Å². The zero-order valence-corrected chi connectivity index (χ0v) is 14.0. The number of ether oxygens (including phenoxy) is 1. The first-order valence-electron chi connectivity index (χ1n) is 7.97. The molecular formula is C18H23N3O2. The van der Waals surface area contributed by atoms with Gasteiger partial charge in [0.2, 0.25) is 5.91 Å². The number of carbonyl (C=O) groups is 1. The van der Waals surface area contributed by atoms with Crippen LogP contribution in [-0.2, 0) is 42.8 Å². The van der Waals surface area contributed by atoms with E-state index in [0.717, 1.165) is 24.2 Å². The van der Waals surface area contributed by atoms with Gasteiger partial charge >= 0.3 is 0 Å². The molecule has 0 fully saturated rings. The largest absolute Gasteiger partial charge is 0.370 e. The van der Waals surface area contributed by atoms with Crippen molar-refractivity contribution in [3.05, 3.63) is 52.3 Å². The Labute approximate surface area is 136 Å². The average Bonchev–Trinajstić information content (AvgIpc) is 2.85. The molecular weight excluding hydrogens is 290 g/mol. The zero-order chi connectivity index (χ0) is 16.4. The van der Waals surface area contributed by atoms with Crippen LogP contribution in [0.25, 0.3) is 0 Å². The third kappa shape index (κ3) is 3.29. The Morgan fingerprint density at radius 1 is 1.30 bits per heavy atom. The van der Waals surface area contributed by atoms with Gasteiger partial charge in [-0.05, 0) is 18.1 Å². The molecule has 0 N–H and O–H groups in total. The molecule has 5 heteroatoms. The summed E-state index contributed by atoms with van der Waals surface area (Å²) in [5.41, 5.74) is 5.75. The molecule has 0 atom stereocenters. The lowest BCUT2D eigenvalue weighted by Gasteiger charge is -2.26. The van der Waals surface area contributed by atoms with Crippen LogP contribution in [0.2, 0.25) is 0 Å². The van der Waals surface area contributed by atoms with Gasteiger partial charge in [0, 0.05) is 44.7 Å². The van der Waals surface area contributed by atoms with Gasteiger partial charge in [0.05, 0.1) is 18.9 Å². The minimum atomic E-state index is 0.117. The van der Waals surface area contributed by atoms with E-state index in [9.17, 15) is 4.79 Å². The van der Waals surface area contributed by atoms with Gasteiger partial charge in [0.15, 0.2) is 0 Å². The molecule has 23 heavy (non-hydrogen) atoms. The molecule has 0 saturated carbocycles. The van der Waals surface area contributed by atoms with E-state index >= 15 is 0 Å². The number of fused-ring (bicyclic) bond motifs is 1. The molecule has 0 bridgehead atoms. The van der Waals surface area contributed by atoms with Crippen molar-refractivity contribution in [2.75, 3.05) is 6.54 Å². The quantitative estimate of drug-likeness (QED) is 0.870. The highest BCUT2D eigenvalue weighted by Gasteiger charge is 2.24. The van der Waals surface area contributed by atoms with E-state index in [0.29, 0.717) is 19.8 Å². The Morgan fingerprint density at radius 3 is 2.83 bits per heavy atom. The van der Waals surface area contributed by atoms with Gasteiger partial charge in [-0.15, -0.1) is 0 Å². The fourth-order valence-electron chi connectivity index (χ4n) is 3.08. The lowest BCUT2D eigenvalue weighted by molar-refractivity contribution is -0.129. The van der Waals surface area contributed by atoms with Crippen LogP contribution in [0, 0.1) is 6.92 Å². The van der Waals surface area contributed by atoms with Gasteiger partial charge in [-0.3, -0.25) is 9.48 Å². The van der Waals surface area contributed by atoms with E-state index in [1.807, 2.05) is 28.8 Å². The van der Waals surface area contributed by atoms with Crippen molar-refractivity contribution in [3.63, 3.8) is 0 Å². The number of nitrogens with zero attached hydrogens (tertiary/aromatic N) is 3. The molecule has 2 aromatic rings. The Bertz CT molecular complexity index is 721. The van der Waals surface area contributed by atoms with Crippen molar-refractivity contribution in [2.24, 2.45) is 7.05 Å². The summed E-state index contributed by atoms with van der Waals surface area (Å²) in [7, 11) is 1.97. The van der Waals surface area contributed by atoms with Crippen LogP contribution < -0.4 is 0 Å². The maximum absolute atomic E-state index is 11.6. The predicted molar refractivity (Wildman–Crippen MR) is 87.7 cm³/mol. The fourth-order valence-corrected chi connectivity index (χ4v) is 3.08. The number of aryl methyl sites for hydroxylation is 2. The summed E-state index contributed by atoms with van der Waals surface area (Å²) >= 11 is 0. The minimum absolute atomic E-state index is 0.117. The highest BCUT2D eigenvalue weighted by molar-refractivity contribution is 5.73. The van der Waals surface area contributed by atoms with Crippen LogP contribution in [0.5, 0.6) is 0 Å². The average molecular weight is 313 g/mol. The molecule has 5 nitrogen and oxygen atoms in total. The molecule has 0 saturated heterocycles. The summed E-state index contributed by atoms with van der Waals surface area (Å²) in [6.45, 7) is 6.17. The zero-order valence-electron chi connectivity index (χ0n) is 14.0. The van der Waals surface area contributed by atoms with Crippen molar-refractivity contribution >= 4 is 5.91 Å². The third-order valence-corrected chi connectivity index (χ3v) is 4.53. The number of hydrogen-bond acceptors (Lipinski definition) is 3. The second-order valence-electron chi connectivity index (χ2n) is 6.11. The van der Waals surface area contributed by atoms with Crippen molar-refractivity contribution in [1.29, 1.82) is 0 Å². The number of amides is 1. The minimum Gasteiger partial charge on any atom is -0.370 e. The monoisotopic (exact) mass is 313 g/mol. The van der Waals surface area contributed by atoms with Crippen molar-refractivity contribution in [1.82, 2.24) is 14.7 Å². The second-order valence-corrected chi connectivity index (χ2v) is 6.11. The molecule has 0 radical (unpaired) electrons. The van der Waals surface area contributed by atoms with E-state index in [-0.39, 0.29) is 5.91 Å². The van der Waals surface area contributed by atoms with E-state index < -0.39 is 0 Å². The Morgan fingerprint density at radius 2 is 2.09 bits per heavy atom. The maximum atomic E-state index is 11.6. The Hall–Kier alpha value is -2.14. The first-order valence-corrected chi connectivity index (χ1v) is 7.97. The smallest absolute Gasteiger partial charge is 0.219 e. The Balaban J connectivity index is 1.69. The SMILES string of the molecule is CC(=O)N1CCc2c(c(COCc3ccccc3C)nn2C)C1. The van der Waals surface area contributed by atoms with Crippen LogP contribution in [-0.4, -0.2) is 27.1 Å². The third-order valence-electron chi connectivity index (χ3n) is 4.53. The summed E-state index contributed by atoms with van der Waals surface area (Å²) in [5.74, 6) is 0.117. The van der Waals surface area contributed by atoms with Gasteiger partial charge in [-0.25, -0.2) is 0 Å². The fraction of sp³-hybridized carbons (Fsp3) is 0.444. The summed E-state index contributed by atoms with van der Waals surface area (Å²) in [4.78, 5) is 13.5. The number of aromatic nitrogens is 2. The van der Waals surface area contributed by atoms with Crippen molar-refractivity contribution < 1.29 is 9.53 Å². The summed E-state index contributed by atoms with van der Waals surface area (Å²) in [6, 6.07) is 8.23. The van der Waals surface area contributed by atoms with Crippen molar-refractivity contribution in [2.45, 2.75) is 40.0 Å². The summed E-state index contributed by atoms with van der Waals surface area (Å²) in [5, 5.41) is 4.59. The van der Waals surface area contributed by atoms with Crippen LogP contribution in [0.3, 0.4) is 0 Å². The standard InChI is InChI=1S/C18H23N3O2/c1-13-6-4-5-7-15(13)11-23-12-17-16-10-21(14(2)22)9-8-18(16)20(3)19-17/h4-7H,8-12H2,1-3H3. The molecule has 1 aromatic heterocycles. The number of rotatable bonds is 4. The number of hydrogen-bond donors (Lipinski definition) is 0. The van der Waals surface area contributed by atoms with Gasteiger partial charge < -0.3 is 9.64 Å². The molecule has 3 rings (SSSR count). The molecule has 1 aliphatic heterocycles. The topological polar surface area (TPSA) is 47.4 Å². The highest BCUT2D eigenvalue weighted by Crippen LogP contribution is 2.23. The number of benzene rings is 1. The molecule has 0 aliphatic carbocycles. The molecule has 122 valence electrons. The normalized spacial score (nSPS) is 14.0. The van der Waals surface area contributed by atoms with Crippen LogP contribution >= 0.6 is 0 Å². The molecule has 1 aliphatic rings. The van der Waals surface area contributed by atoms with E-state index in [4.69, 9.17) is 4.74 Å². The predicted octanol–water partition coefficient (Wildman–Crippen LogP) is 2.35. The van der Waals surface area contributed by atoms with Crippen molar-refractivity contribution in [3.8, 4) is 0 Å². The van der Waals surface area contributed by atoms with E-state index in [2.05, 4.69) is 24.2 Å². The molecule has 0 spiro atoms. The molecule has 2 heterocycles. The van der Waals surface area contributed by atoms with E-state index in [1.54, 1.807) is 6.92 Å². The number of carbonyl (C=O) groups excluding carboxylic acids is 1. The molecule has 1 amide bonds. The second kappa shape index (κ2) is 6.54. The Kier molecular flexibility index (Phi) is 4.48. The highest BCUT2D eigenvalue weighted by atomic mass is 16.5. The van der Waals surface area contributed by atoms with Gasteiger partial charge in [0.1, 0.15) is 0 Å². The lowest BCUT2D eigenvalue weighted by atomic mass is 10.1. The first kappa shape index (κ1) is 15.7. The van der Waals surface area contributed by atoms with Crippen LogP contribution in [0.15, 0.2) is 24.3 Å². The summed E-state index contributed by atoms with van der Waals surface area (Å²) < 4.78 is 7.81. The van der Waals surface area contributed by atoms with Gasteiger partial charge in [-0.2, -0.15) is 5.10 Å². The molecule has 0 unspecified atom stereocenters.